The molecule has 0 bridgehead atoms. The van der Waals surface area contributed by atoms with E-state index in [0.717, 1.165) is 11.8 Å². The summed E-state index contributed by atoms with van der Waals surface area (Å²) in [5.41, 5.74) is 1.61. The summed E-state index contributed by atoms with van der Waals surface area (Å²) in [6.07, 6.45) is 1.88. The Morgan fingerprint density at radius 1 is 1.27 bits per heavy atom. The Hall–Kier alpha value is -3.17. The second-order valence-corrected chi connectivity index (χ2v) is 7.78. The van der Waals surface area contributed by atoms with Crippen LogP contribution in [-0.2, 0) is 17.8 Å². The molecule has 0 saturated carbocycles. The van der Waals surface area contributed by atoms with Crippen LogP contribution >= 0.6 is 0 Å². The maximum Gasteiger partial charge on any atom is 0.414 e. The van der Waals surface area contributed by atoms with Crippen molar-refractivity contribution >= 4 is 23.5 Å². The minimum absolute atomic E-state index is 0.0491. The van der Waals surface area contributed by atoms with Crippen molar-refractivity contribution in [1.82, 2.24) is 14.7 Å². The fourth-order valence-electron chi connectivity index (χ4n) is 3.89. The number of carbonyl (C=O) groups excluding carboxylic acids is 2. The van der Waals surface area contributed by atoms with Gasteiger partial charge in [-0.1, -0.05) is 0 Å². The fourth-order valence-corrected chi connectivity index (χ4v) is 3.89. The van der Waals surface area contributed by atoms with Gasteiger partial charge in [-0.15, -0.1) is 0 Å². The number of aromatic nitrogens is 2. The van der Waals surface area contributed by atoms with Gasteiger partial charge in [0, 0.05) is 24.2 Å². The van der Waals surface area contributed by atoms with E-state index >= 15 is 0 Å². The minimum Gasteiger partial charge on any atom is -0.449 e. The Balaban J connectivity index is 1.58. The molecule has 1 aromatic heterocycles. The van der Waals surface area contributed by atoms with Crippen molar-refractivity contribution in [2.24, 2.45) is 0 Å². The molecule has 1 aromatic carbocycles. The number of urea groups is 1. The van der Waals surface area contributed by atoms with E-state index in [1.807, 2.05) is 13.8 Å². The number of fused-ring (bicyclic) bond motifs is 1. The number of rotatable bonds is 2. The maximum atomic E-state index is 13.7. The van der Waals surface area contributed by atoms with Gasteiger partial charge in [0.1, 0.15) is 0 Å². The van der Waals surface area contributed by atoms with E-state index in [-0.39, 0.29) is 29.9 Å². The third-order valence-corrected chi connectivity index (χ3v) is 5.60. The van der Waals surface area contributed by atoms with Gasteiger partial charge < -0.3 is 15.0 Å². The average molecular weight is 419 g/mol. The van der Waals surface area contributed by atoms with Crippen LogP contribution < -0.4 is 10.2 Å². The molecule has 10 heteroatoms. The molecule has 2 atom stereocenters. The molecule has 0 radical (unpaired) electrons. The van der Waals surface area contributed by atoms with Crippen molar-refractivity contribution in [2.75, 3.05) is 16.8 Å². The number of aryl methyl sites for hydroxylation is 1. The van der Waals surface area contributed by atoms with Gasteiger partial charge in [0.25, 0.3) is 0 Å². The van der Waals surface area contributed by atoms with Crippen molar-refractivity contribution in [3.05, 3.63) is 41.2 Å². The summed E-state index contributed by atoms with van der Waals surface area (Å²) in [7, 11) is 0. The third-order valence-electron chi connectivity index (χ3n) is 5.60. The summed E-state index contributed by atoms with van der Waals surface area (Å²) < 4.78 is 34.2. The van der Waals surface area contributed by atoms with Gasteiger partial charge in [-0.2, -0.15) is 5.10 Å². The van der Waals surface area contributed by atoms with Crippen LogP contribution in [0.15, 0.2) is 18.3 Å². The first-order valence-corrected chi connectivity index (χ1v) is 9.80. The van der Waals surface area contributed by atoms with Crippen LogP contribution in [0.2, 0.25) is 0 Å². The molecule has 0 aliphatic carbocycles. The zero-order valence-electron chi connectivity index (χ0n) is 17.0. The number of nitrogens with one attached hydrogen (secondary N) is 1. The van der Waals surface area contributed by atoms with Gasteiger partial charge in [-0.25, -0.2) is 18.4 Å². The largest absolute Gasteiger partial charge is 0.449 e. The predicted octanol–water partition coefficient (Wildman–Crippen LogP) is 3.64. The molecule has 2 aliphatic rings. The van der Waals surface area contributed by atoms with Crippen LogP contribution in [0, 0.1) is 18.6 Å². The number of nitrogens with zero attached hydrogens (tertiary/aromatic N) is 4. The molecule has 3 heterocycles. The number of anilines is 2. The van der Waals surface area contributed by atoms with Crippen molar-refractivity contribution < 1.29 is 23.1 Å². The number of carbonyl (C=O) groups is 2. The van der Waals surface area contributed by atoms with E-state index in [1.54, 1.807) is 20.7 Å². The molecule has 0 spiro atoms. The van der Waals surface area contributed by atoms with E-state index in [0.29, 0.717) is 25.3 Å². The van der Waals surface area contributed by atoms with Crippen molar-refractivity contribution in [3.63, 3.8) is 0 Å². The molecule has 3 amide bonds. The van der Waals surface area contributed by atoms with Gasteiger partial charge >= 0.3 is 12.1 Å². The molecule has 8 nitrogen and oxygen atoms in total. The van der Waals surface area contributed by atoms with E-state index in [4.69, 9.17) is 4.74 Å². The average Bonchev–Trinajstić information content (AvgIpc) is 3.07. The number of cyclic esters (lactones) is 1. The lowest BCUT2D eigenvalue weighted by Crippen LogP contribution is -2.48. The van der Waals surface area contributed by atoms with Crippen LogP contribution in [-0.4, -0.2) is 45.5 Å². The molecule has 160 valence electrons. The summed E-state index contributed by atoms with van der Waals surface area (Å²) in [5, 5.41) is 7.02. The molecule has 1 saturated heterocycles. The highest BCUT2D eigenvalue weighted by atomic mass is 19.2. The third kappa shape index (κ3) is 3.46. The molecule has 1 unspecified atom stereocenters. The highest BCUT2D eigenvalue weighted by molar-refractivity contribution is 5.91. The molecule has 2 aromatic rings. The van der Waals surface area contributed by atoms with Crippen LogP contribution in [0.3, 0.4) is 0 Å². The molecule has 30 heavy (non-hydrogen) atoms. The lowest BCUT2D eigenvalue weighted by Gasteiger charge is -2.37. The smallest absolute Gasteiger partial charge is 0.414 e. The number of halogens is 2. The number of ether oxygens (including phenoxy) is 1. The zero-order valence-corrected chi connectivity index (χ0v) is 17.0. The quantitative estimate of drug-likeness (QED) is 0.806. The Bertz CT molecular complexity index is 985. The Labute approximate surface area is 172 Å². The van der Waals surface area contributed by atoms with Crippen LogP contribution in [0.25, 0.3) is 0 Å². The zero-order chi connectivity index (χ0) is 21.6. The second kappa shape index (κ2) is 7.58. The summed E-state index contributed by atoms with van der Waals surface area (Å²) in [5.74, 6) is -1.95. The lowest BCUT2D eigenvalue weighted by molar-refractivity contribution is 0.130. The minimum atomic E-state index is -1.02. The Morgan fingerprint density at radius 2 is 2.03 bits per heavy atom. The molecular weight excluding hydrogens is 396 g/mol. The number of hydrogen-bond donors (Lipinski definition) is 1. The molecule has 1 N–H and O–H groups in total. The maximum absolute atomic E-state index is 13.7. The monoisotopic (exact) mass is 419 g/mol. The van der Waals surface area contributed by atoms with Crippen molar-refractivity contribution in [3.8, 4) is 0 Å². The number of amides is 3. The Kier molecular flexibility index (Phi) is 5.08. The van der Waals surface area contributed by atoms with E-state index < -0.39 is 23.8 Å². The lowest BCUT2D eigenvalue weighted by atomic mass is 10.1. The van der Waals surface area contributed by atoms with E-state index in [1.165, 1.54) is 13.0 Å². The summed E-state index contributed by atoms with van der Waals surface area (Å²) in [6, 6.07) is 1.65. The SMILES string of the molecule is Cc1cc(NC(=O)N2Cc3c(N4C(=O)OCCC4C)cnn3C[C@@H]2C)cc(F)c1F. The van der Waals surface area contributed by atoms with E-state index in [2.05, 4.69) is 10.4 Å². The number of benzene rings is 1. The summed E-state index contributed by atoms with van der Waals surface area (Å²) >= 11 is 0. The van der Waals surface area contributed by atoms with Gasteiger partial charge in [0.15, 0.2) is 11.6 Å². The van der Waals surface area contributed by atoms with Crippen molar-refractivity contribution in [1.29, 1.82) is 0 Å². The first kappa shape index (κ1) is 20.1. The standard InChI is InChI=1S/C20H23F2N5O3/c1-11-6-14(7-15(21)18(11)22)24-19(28)25-10-17-16(8-23-26(17)9-13(25)3)27-12(2)4-5-30-20(27)29/h6-8,12-13H,4-5,9-10H2,1-3H3,(H,24,28)/t12?,13-/m0/s1. The van der Waals surface area contributed by atoms with E-state index in [9.17, 15) is 18.4 Å². The van der Waals surface area contributed by atoms with Crippen molar-refractivity contribution in [2.45, 2.75) is 52.4 Å². The summed E-state index contributed by atoms with van der Waals surface area (Å²) in [6.45, 7) is 6.27. The van der Waals surface area contributed by atoms with Crippen LogP contribution in [0.4, 0.5) is 29.7 Å². The molecule has 4 rings (SSSR count). The highest BCUT2D eigenvalue weighted by Crippen LogP contribution is 2.31. The highest BCUT2D eigenvalue weighted by Gasteiger charge is 2.35. The molecule has 2 aliphatic heterocycles. The second-order valence-electron chi connectivity index (χ2n) is 7.78. The topological polar surface area (TPSA) is 79.7 Å². The Morgan fingerprint density at radius 3 is 2.73 bits per heavy atom. The fraction of sp³-hybridized carbons (Fsp3) is 0.450. The van der Waals surface area contributed by atoms with Gasteiger partial charge in [0.05, 0.1) is 43.3 Å². The first-order valence-electron chi connectivity index (χ1n) is 9.80. The van der Waals surface area contributed by atoms with Gasteiger partial charge in [-0.3, -0.25) is 9.58 Å². The van der Waals surface area contributed by atoms with Crippen LogP contribution in [0.5, 0.6) is 0 Å². The van der Waals surface area contributed by atoms with Crippen LogP contribution in [0.1, 0.15) is 31.5 Å². The van der Waals surface area contributed by atoms with Gasteiger partial charge in [0.2, 0.25) is 0 Å². The predicted molar refractivity (Wildman–Crippen MR) is 105 cm³/mol. The number of hydrogen-bond acceptors (Lipinski definition) is 4. The normalized spacial score (nSPS) is 21.3. The summed E-state index contributed by atoms with van der Waals surface area (Å²) in [4.78, 5) is 28.3. The molecular formula is C20H23F2N5O3. The molecule has 1 fully saturated rings. The van der Waals surface area contributed by atoms with Gasteiger partial charge in [-0.05, 0) is 32.4 Å². The first-order chi connectivity index (χ1) is 14.3.